The molecule has 0 aliphatic rings. The Balaban J connectivity index is 1.84. The van der Waals surface area contributed by atoms with E-state index in [0.717, 1.165) is 11.0 Å². The van der Waals surface area contributed by atoms with Gasteiger partial charge >= 0.3 is 0 Å². The molecular formula is C16H18N2O3. The van der Waals surface area contributed by atoms with Crippen LogP contribution in [0.5, 0.6) is 0 Å². The van der Waals surface area contributed by atoms with E-state index in [1.807, 2.05) is 51.1 Å². The molecular weight excluding hydrogens is 268 g/mol. The Bertz CT molecular complexity index is 719. The lowest BCUT2D eigenvalue weighted by atomic mass is 9.87. The number of benzene rings is 1. The number of hydrogen-bond acceptors (Lipinski definition) is 5. The summed E-state index contributed by atoms with van der Waals surface area (Å²) in [4.78, 5) is 4.30. The maximum absolute atomic E-state index is 10.1. The minimum atomic E-state index is -0.540. The summed E-state index contributed by atoms with van der Waals surface area (Å²) >= 11 is 0. The molecule has 3 aromatic rings. The fourth-order valence-electron chi connectivity index (χ4n) is 2.00. The number of rotatable bonds is 3. The number of hydrogen-bond donors (Lipinski definition) is 1. The minimum Gasteiger partial charge on any atom is -0.453 e. The molecule has 0 amide bonds. The summed E-state index contributed by atoms with van der Waals surface area (Å²) in [5.41, 5.74) is 0.558. The Morgan fingerprint density at radius 2 is 2.00 bits per heavy atom. The van der Waals surface area contributed by atoms with Crippen molar-refractivity contribution >= 4 is 11.0 Å². The Kier molecular flexibility index (Phi) is 3.29. The van der Waals surface area contributed by atoms with Gasteiger partial charge in [0.2, 0.25) is 11.7 Å². The number of para-hydroxylation sites is 1. The molecule has 0 fully saturated rings. The van der Waals surface area contributed by atoms with Crippen LogP contribution in [-0.4, -0.2) is 21.4 Å². The maximum atomic E-state index is 10.1. The second kappa shape index (κ2) is 5.00. The molecule has 0 saturated heterocycles. The van der Waals surface area contributed by atoms with Crippen LogP contribution in [0, 0.1) is 5.41 Å². The van der Waals surface area contributed by atoms with Crippen molar-refractivity contribution in [3.05, 3.63) is 36.2 Å². The van der Waals surface area contributed by atoms with Crippen molar-refractivity contribution in [1.82, 2.24) is 10.1 Å². The lowest BCUT2D eigenvalue weighted by Crippen LogP contribution is -2.28. The molecule has 1 aromatic carbocycles. The standard InChI is InChI=1S/C16H18N2O3/c1-16(2,3)13(19)9-14-17-15(18-21-14)12-8-10-6-4-5-7-11(10)20-12/h4-8,13,19H,9H2,1-3H3. The highest BCUT2D eigenvalue weighted by molar-refractivity contribution is 5.81. The lowest BCUT2D eigenvalue weighted by molar-refractivity contribution is 0.0565. The first-order chi connectivity index (χ1) is 9.93. The molecule has 1 N–H and O–H groups in total. The first kappa shape index (κ1) is 13.8. The summed E-state index contributed by atoms with van der Waals surface area (Å²) < 4.78 is 10.9. The van der Waals surface area contributed by atoms with Gasteiger partial charge in [-0.3, -0.25) is 0 Å². The van der Waals surface area contributed by atoms with Crippen LogP contribution < -0.4 is 0 Å². The van der Waals surface area contributed by atoms with Gasteiger partial charge in [-0.15, -0.1) is 0 Å². The van der Waals surface area contributed by atoms with E-state index in [2.05, 4.69) is 10.1 Å². The molecule has 0 spiro atoms. The normalized spacial score (nSPS) is 13.7. The van der Waals surface area contributed by atoms with Crippen molar-refractivity contribution in [2.45, 2.75) is 33.3 Å². The summed E-state index contributed by atoms with van der Waals surface area (Å²) in [5, 5.41) is 15.0. The van der Waals surface area contributed by atoms with Gasteiger partial charge in [-0.2, -0.15) is 4.98 Å². The van der Waals surface area contributed by atoms with Gasteiger partial charge in [0, 0.05) is 5.39 Å². The van der Waals surface area contributed by atoms with Crippen LogP contribution in [0.15, 0.2) is 39.3 Å². The molecule has 5 nitrogen and oxygen atoms in total. The molecule has 1 atom stereocenters. The summed E-state index contributed by atoms with van der Waals surface area (Å²) in [6.45, 7) is 5.90. The van der Waals surface area contributed by atoms with E-state index < -0.39 is 6.10 Å². The van der Waals surface area contributed by atoms with E-state index in [-0.39, 0.29) is 5.41 Å². The van der Waals surface area contributed by atoms with Crippen LogP contribution >= 0.6 is 0 Å². The molecule has 2 heterocycles. The van der Waals surface area contributed by atoms with Crippen LogP contribution in [0.4, 0.5) is 0 Å². The number of aliphatic hydroxyl groups excluding tert-OH is 1. The monoisotopic (exact) mass is 286 g/mol. The summed E-state index contributed by atoms with van der Waals surface area (Å²) in [6.07, 6.45) is -0.210. The van der Waals surface area contributed by atoms with Gasteiger partial charge in [0.05, 0.1) is 12.5 Å². The number of furan rings is 1. The van der Waals surface area contributed by atoms with Crippen LogP contribution in [0.25, 0.3) is 22.6 Å². The Hall–Kier alpha value is -2.14. The molecule has 0 aliphatic heterocycles. The topological polar surface area (TPSA) is 72.3 Å². The van der Waals surface area contributed by atoms with Crippen LogP contribution in [-0.2, 0) is 6.42 Å². The molecule has 1 unspecified atom stereocenters. The van der Waals surface area contributed by atoms with Crippen molar-refractivity contribution in [3.8, 4) is 11.6 Å². The smallest absolute Gasteiger partial charge is 0.238 e. The van der Waals surface area contributed by atoms with Gasteiger partial charge in [-0.1, -0.05) is 44.1 Å². The van der Waals surface area contributed by atoms with Crippen molar-refractivity contribution in [2.24, 2.45) is 5.41 Å². The number of aromatic nitrogens is 2. The first-order valence-electron chi connectivity index (χ1n) is 6.93. The molecule has 0 bridgehead atoms. The third kappa shape index (κ3) is 2.83. The zero-order valence-electron chi connectivity index (χ0n) is 12.3. The van der Waals surface area contributed by atoms with Crippen LogP contribution in [0.2, 0.25) is 0 Å². The number of fused-ring (bicyclic) bond motifs is 1. The van der Waals surface area contributed by atoms with Gasteiger partial charge in [-0.25, -0.2) is 0 Å². The van der Waals surface area contributed by atoms with E-state index in [9.17, 15) is 5.11 Å². The first-order valence-corrected chi connectivity index (χ1v) is 6.93. The van der Waals surface area contributed by atoms with Gasteiger partial charge in [-0.05, 0) is 17.5 Å². The quantitative estimate of drug-likeness (QED) is 0.798. The van der Waals surface area contributed by atoms with Crippen molar-refractivity contribution in [1.29, 1.82) is 0 Å². The zero-order chi connectivity index (χ0) is 15.0. The van der Waals surface area contributed by atoms with E-state index >= 15 is 0 Å². The largest absolute Gasteiger partial charge is 0.453 e. The predicted octanol–water partition coefficient (Wildman–Crippen LogP) is 3.43. The number of aliphatic hydroxyl groups is 1. The van der Waals surface area contributed by atoms with Crippen molar-refractivity contribution in [3.63, 3.8) is 0 Å². The predicted molar refractivity (Wildman–Crippen MR) is 78.7 cm³/mol. The molecule has 21 heavy (non-hydrogen) atoms. The van der Waals surface area contributed by atoms with Gasteiger partial charge in [0.1, 0.15) is 5.58 Å². The third-order valence-corrected chi connectivity index (χ3v) is 3.48. The second-order valence-electron chi connectivity index (χ2n) is 6.25. The fraction of sp³-hybridized carbons (Fsp3) is 0.375. The minimum absolute atomic E-state index is 0.228. The van der Waals surface area contributed by atoms with Crippen LogP contribution in [0.1, 0.15) is 26.7 Å². The average molecular weight is 286 g/mol. The van der Waals surface area contributed by atoms with Gasteiger partial charge in [0.15, 0.2) is 5.76 Å². The SMILES string of the molecule is CC(C)(C)C(O)Cc1nc(-c2cc3ccccc3o2)no1. The summed E-state index contributed by atoms with van der Waals surface area (Å²) in [6, 6.07) is 9.60. The lowest BCUT2D eigenvalue weighted by Gasteiger charge is -2.24. The number of nitrogens with zero attached hydrogens (tertiary/aromatic N) is 2. The highest BCUT2D eigenvalue weighted by Gasteiger charge is 2.25. The summed E-state index contributed by atoms with van der Waals surface area (Å²) in [5.74, 6) is 1.38. The maximum Gasteiger partial charge on any atom is 0.238 e. The highest BCUT2D eigenvalue weighted by atomic mass is 16.5. The Morgan fingerprint density at radius 3 is 2.71 bits per heavy atom. The molecule has 0 aliphatic carbocycles. The van der Waals surface area contributed by atoms with Crippen molar-refractivity contribution < 1.29 is 14.0 Å². The molecule has 110 valence electrons. The summed E-state index contributed by atoms with van der Waals surface area (Å²) in [7, 11) is 0. The van der Waals surface area contributed by atoms with E-state index in [4.69, 9.17) is 8.94 Å². The fourth-order valence-corrected chi connectivity index (χ4v) is 2.00. The molecule has 0 radical (unpaired) electrons. The molecule has 0 saturated carbocycles. The van der Waals surface area contributed by atoms with Gasteiger partial charge < -0.3 is 14.0 Å². The zero-order valence-corrected chi connectivity index (χ0v) is 12.3. The average Bonchev–Trinajstić information content (AvgIpc) is 3.02. The molecule has 5 heteroatoms. The van der Waals surface area contributed by atoms with Crippen molar-refractivity contribution in [2.75, 3.05) is 0 Å². The van der Waals surface area contributed by atoms with Gasteiger partial charge in [0.25, 0.3) is 0 Å². The molecule has 2 aromatic heterocycles. The Morgan fingerprint density at radius 1 is 1.24 bits per heavy atom. The third-order valence-electron chi connectivity index (χ3n) is 3.48. The second-order valence-corrected chi connectivity index (χ2v) is 6.25. The highest BCUT2D eigenvalue weighted by Crippen LogP contribution is 2.27. The van der Waals surface area contributed by atoms with E-state index in [0.29, 0.717) is 23.9 Å². The van der Waals surface area contributed by atoms with E-state index in [1.165, 1.54) is 0 Å². The van der Waals surface area contributed by atoms with Crippen LogP contribution in [0.3, 0.4) is 0 Å². The Labute approximate surface area is 122 Å². The molecule has 3 rings (SSSR count). The van der Waals surface area contributed by atoms with E-state index in [1.54, 1.807) is 0 Å².